The maximum Gasteiger partial charge on any atom is 0.191 e. The van der Waals surface area contributed by atoms with Gasteiger partial charge in [-0.15, -0.1) is 22.7 Å². The van der Waals surface area contributed by atoms with Crippen molar-refractivity contribution in [3.63, 3.8) is 0 Å². The van der Waals surface area contributed by atoms with Gasteiger partial charge in [0, 0.05) is 23.3 Å². The van der Waals surface area contributed by atoms with Gasteiger partial charge in [0.2, 0.25) is 0 Å². The minimum atomic E-state index is 0.718. The fourth-order valence-corrected chi connectivity index (χ4v) is 4.41. The highest BCUT2D eigenvalue weighted by Gasteiger charge is 2.05. The number of nitrogens with zero attached hydrogens (tertiary/aromatic N) is 2. The van der Waals surface area contributed by atoms with E-state index in [4.69, 9.17) is 0 Å². The zero-order chi connectivity index (χ0) is 15.2. The molecule has 2 rings (SSSR count). The van der Waals surface area contributed by atoms with Gasteiger partial charge in [-0.1, -0.05) is 0 Å². The molecule has 0 atom stereocenters. The highest BCUT2D eigenvalue weighted by atomic mass is 127. The van der Waals surface area contributed by atoms with Crippen molar-refractivity contribution in [3.8, 4) is 0 Å². The molecule has 0 saturated heterocycles. The molecule has 2 N–H and O–H groups in total. The van der Waals surface area contributed by atoms with Crippen LogP contribution in [0.15, 0.2) is 17.1 Å². The molecule has 0 unspecified atom stereocenters. The molecular weight excluding hydrogens is 415 g/mol. The predicted molar refractivity (Wildman–Crippen MR) is 101 cm³/mol. The van der Waals surface area contributed by atoms with Crippen LogP contribution in [0.4, 0.5) is 0 Å². The van der Waals surface area contributed by atoms with Gasteiger partial charge in [-0.2, -0.15) is 0 Å². The van der Waals surface area contributed by atoms with Gasteiger partial charge in [-0.3, -0.25) is 4.99 Å². The van der Waals surface area contributed by atoms with Gasteiger partial charge >= 0.3 is 0 Å². The van der Waals surface area contributed by atoms with Crippen molar-refractivity contribution in [2.24, 2.45) is 4.99 Å². The smallest absolute Gasteiger partial charge is 0.191 e. The maximum atomic E-state index is 4.52. The molecular formula is C14H19IN4S2. The largest absolute Gasteiger partial charge is 0.356 e. The molecule has 2 heterocycles. The fourth-order valence-electron chi connectivity index (χ4n) is 1.78. The van der Waals surface area contributed by atoms with E-state index < -0.39 is 0 Å². The van der Waals surface area contributed by atoms with Crippen LogP contribution >= 0.6 is 45.3 Å². The summed E-state index contributed by atoms with van der Waals surface area (Å²) in [4.78, 5) is 11.4. The van der Waals surface area contributed by atoms with Crippen LogP contribution in [0.5, 0.6) is 0 Å². The second kappa shape index (κ2) is 8.09. The van der Waals surface area contributed by atoms with E-state index >= 15 is 0 Å². The number of thiophene rings is 1. The topological polar surface area (TPSA) is 49.3 Å². The fraction of sp³-hybridized carbons (Fsp3) is 0.429. The van der Waals surface area contributed by atoms with Crippen LogP contribution in [0.3, 0.4) is 0 Å². The number of guanidine groups is 1. The molecule has 2 aromatic rings. The average molecular weight is 434 g/mol. The Hall–Kier alpha value is -0.670. The van der Waals surface area contributed by atoms with Gasteiger partial charge in [-0.25, -0.2) is 4.98 Å². The first kappa shape index (κ1) is 16.7. The normalized spacial score (nSPS) is 11.7. The predicted octanol–water partition coefficient (Wildman–Crippen LogP) is 3.33. The van der Waals surface area contributed by atoms with Gasteiger partial charge in [0.25, 0.3) is 0 Å². The molecule has 0 aromatic carbocycles. The van der Waals surface area contributed by atoms with Crippen LogP contribution in [-0.2, 0) is 13.0 Å². The van der Waals surface area contributed by atoms with Crippen LogP contribution in [0.2, 0.25) is 0 Å². The number of aryl methyl sites for hydroxylation is 2. The summed E-state index contributed by atoms with van der Waals surface area (Å²) >= 11 is 5.93. The Morgan fingerprint density at radius 3 is 2.67 bits per heavy atom. The van der Waals surface area contributed by atoms with Crippen molar-refractivity contribution in [1.82, 2.24) is 15.6 Å². The summed E-state index contributed by atoms with van der Waals surface area (Å²) in [7, 11) is 1.79. The first-order chi connectivity index (χ1) is 10.1. The van der Waals surface area contributed by atoms with E-state index in [2.05, 4.69) is 62.3 Å². The van der Waals surface area contributed by atoms with Crippen molar-refractivity contribution in [2.75, 3.05) is 13.6 Å². The third-order valence-electron chi connectivity index (χ3n) is 3.00. The molecule has 0 radical (unpaired) electrons. The second-order valence-corrected chi connectivity index (χ2v) is 8.91. The molecule has 0 spiro atoms. The van der Waals surface area contributed by atoms with Crippen molar-refractivity contribution >= 4 is 51.2 Å². The third kappa shape index (κ3) is 5.23. The summed E-state index contributed by atoms with van der Waals surface area (Å²) in [6.45, 7) is 5.75. The summed E-state index contributed by atoms with van der Waals surface area (Å²) in [6, 6.07) is 4.34. The zero-order valence-corrected chi connectivity index (χ0v) is 16.2. The SMILES string of the molecule is CN=C(NCCc1ccc(I)s1)NCc1nc(C)c(C)s1. The summed E-state index contributed by atoms with van der Waals surface area (Å²) in [5.74, 6) is 0.826. The number of aliphatic imine (C=N–C) groups is 1. The summed E-state index contributed by atoms with van der Waals surface area (Å²) in [5.41, 5.74) is 1.12. The Morgan fingerprint density at radius 1 is 1.29 bits per heavy atom. The average Bonchev–Trinajstić information content (AvgIpc) is 3.00. The molecule has 0 aliphatic carbocycles. The van der Waals surface area contributed by atoms with Crippen molar-refractivity contribution < 1.29 is 0 Å². The van der Waals surface area contributed by atoms with E-state index in [1.807, 2.05) is 18.3 Å². The molecule has 0 bridgehead atoms. The van der Waals surface area contributed by atoms with Gasteiger partial charge < -0.3 is 10.6 Å². The number of rotatable bonds is 5. The lowest BCUT2D eigenvalue weighted by Crippen LogP contribution is -2.37. The van der Waals surface area contributed by atoms with Crippen LogP contribution in [-0.4, -0.2) is 24.5 Å². The minimum absolute atomic E-state index is 0.718. The van der Waals surface area contributed by atoms with E-state index in [0.717, 1.165) is 36.2 Å². The molecule has 4 nitrogen and oxygen atoms in total. The van der Waals surface area contributed by atoms with Crippen LogP contribution in [0.1, 0.15) is 20.5 Å². The van der Waals surface area contributed by atoms with E-state index in [-0.39, 0.29) is 0 Å². The lowest BCUT2D eigenvalue weighted by Gasteiger charge is -2.10. The molecule has 7 heteroatoms. The Morgan fingerprint density at radius 2 is 2.10 bits per heavy atom. The number of thiazole rings is 1. The first-order valence-corrected chi connectivity index (χ1v) is 9.41. The molecule has 0 aliphatic heterocycles. The van der Waals surface area contributed by atoms with Gasteiger partial charge in [0.15, 0.2) is 5.96 Å². The summed E-state index contributed by atoms with van der Waals surface area (Å²) in [5, 5.41) is 7.74. The number of halogens is 1. The Balaban J connectivity index is 1.75. The van der Waals surface area contributed by atoms with Crippen molar-refractivity contribution in [2.45, 2.75) is 26.8 Å². The van der Waals surface area contributed by atoms with E-state index in [0.29, 0.717) is 0 Å². The molecule has 2 aromatic heterocycles. The number of hydrogen-bond acceptors (Lipinski definition) is 4. The first-order valence-electron chi connectivity index (χ1n) is 6.70. The molecule has 0 amide bonds. The molecule has 114 valence electrons. The standard InChI is InChI=1S/C14H19IN4S2/c1-9-10(2)20-13(19-9)8-18-14(16-3)17-7-6-11-4-5-12(15)21-11/h4-5H,6-8H2,1-3H3,(H2,16,17,18). The van der Waals surface area contributed by atoms with Gasteiger partial charge in [0.05, 0.1) is 15.1 Å². The molecule has 0 aliphatic rings. The summed E-state index contributed by atoms with van der Waals surface area (Å²) < 4.78 is 1.33. The third-order valence-corrected chi connectivity index (χ3v) is 6.02. The monoisotopic (exact) mass is 434 g/mol. The number of aromatic nitrogens is 1. The van der Waals surface area contributed by atoms with Crippen molar-refractivity contribution in [1.29, 1.82) is 0 Å². The quantitative estimate of drug-likeness (QED) is 0.431. The number of nitrogens with one attached hydrogen (secondary N) is 2. The molecule has 21 heavy (non-hydrogen) atoms. The molecule has 0 fully saturated rings. The van der Waals surface area contributed by atoms with Gasteiger partial charge in [-0.05, 0) is 55.0 Å². The van der Waals surface area contributed by atoms with Gasteiger partial charge in [0.1, 0.15) is 5.01 Å². The Labute approximate surface area is 147 Å². The van der Waals surface area contributed by atoms with Crippen LogP contribution in [0, 0.1) is 16.7 Å². The Kier molecular flexibility index (Phi) is 6.43. The highest BCUT2D eigenvalue weighted by molar-refractivity contribution is 14.1. The highest BCUT2D eigenvalue weighted by Crippen LogP contribution is 2.18. The van der Waals surface area contributed by atoms with E-state index in [1.165, 1.54) is 12.6 Å². The Bertz CT molecular complexity index is 599. The maximum absolute atomic E-state index is 4.52. The zero-order valence-electron chi connectivity index (χ0n) is 12.4. The van der Waals surface area contributed by atoms with Crippen LogP contribution < -0.4 is 10.6 Å². The number of hydrogen-bond donors (Lipinski definition) is 2. The van der Waals surface area contributed by atoms with E-state index in [9.17, 15) is 0 Å². The van der Waals surface area contributed by atoms with Crippen molar-refractivity contribution in [3.05, 3.63) is 35.5 Å². The lowest BCUT2D eigenvalue weighted by molar-refractivity contribution is 0.795. The summed E-state index contributed by atoms with van der Waals surface area (Å²) in [6.07, 6.45) is 1.02. The lowest BCUT2D eigenvalue weighted by atomic mass is 10.3. The van der Waals surface area contributed by atoms with Crippen LogP contribution in [0.25, 0.3) is 0 Å². The van der Waals surface area contributed by atoms with E-state index in [1.54, 1.807) is 18.4 Å². The minimum Gasteiger partial charge on any atom is -0.356 e. The molecule has 0 saturated carbocycles. The second-order valence-electron chi connectivity index (χ2n) is 4.56.